The van der Waals surface area contributed by atoms with Crippen LogP contribution in [0.25, 0.3) is 0 Å². The van der Waals surface area contributed by atoms with Crippen LogP contribution in [0, 0.1) is 0 Å². The number of thiol groups is 1. The van der Waals surface area contributed by atoms with Crippen molar-refractivity contribution < 1.29 is 14.4 Å². The number of rotatable bonds is 12. The second kappa shape index (κ2) is 12.4. The lowest BCUT2D eigenvalue weighted by Crippen LogP contribution is -2.56. The van der Waals surface area contributed by atoms with Gasteiger partial charge in [-0.2, -0.15) is 12.6 Å². The van der Waals surface area contributed by atoms with Crippen LogP contribution in [0.1, 0.15) is 31.7 Å². The topological polar surface area (TPSA) is 153 Å². The minimum absolute atomic E-state index is 0.262. The standard InChI is InChI=1S/C19H31N5O3S/c1-12(28)16(21)19(27)23-14(9-5-6-10-20)18(26)24-15(17(22)25)11-13-7-3-2-4-8-13/h2-4,7-8,12,14-16,28H,5-6,9-11,20-21H2,1H3,(H2,22,25)(H,23,27)(H,24,26)/t12-,14-,15-,16-/m0/s1. The van der Waals surface area contributed by atoms with Crippen molar-refractivity contribution >= 4 is 30.4 Å². The van der Waals surface area contributed by atoms with Gasteiger partial charge in [-0.25, -0.2) is 0 Å². The van der Waals surface area contributed by atoms with Gasteiger partial charge in [0, 0.05) is 11.7 Å². The molecule has 0 aliphatic heterocycles. The van der Waals surface area contributed by atoms with E-state index in [0.717, 1.165) is 5.56 Å². The summed E-state index contributed by atoms with van der Waals surface area (Å²) >= 11 is 4.17. The summed E-state index contributed by atoms with van der Waals surface area (Å²) in [6, 6.07) is 6.64. The van der Waals surface area contributed by atoms with E-state index in [1.807, 2.05) is 30.3 Å². The van der Waals surface area contributed by atoms with Gasteiger partial charge in [0.2, 0.25) is 17.7 Å². The van der Waals surface area contributed by atoms with Crippen molar-refractivity contribution in [3.63, 3.8) is 0 Å². The summed E-state index contributed by atoms with van der Waals surface area (Å²) < 4.78 is 0. The molecule has 0 aliphatic rings. The highest BCUT2D eigenvalue weighted by atomic mass is 32.1. The number of hydrogen-bond acceptors (Lipinski definition) is 6. The number of benzene rings is 1. The molecule has 1 aromatic carbocycles. The van der Waals surface area contributed by atoms with Crippen molar-refractivity contribution in [1.82, 2.24) is 10.6 Å². The van der Waals surface area contributed by atoms with Gasteiger partial charge in [0.05, 0.1) is 6.04 Å². The predicted molar refractivity (Wildman–Crippen MR) is 113 cm³/mol. The number of primary amides is 1. The fourth-order valence-electron chi connectivity index (χ4n) is 2.59. The average Bonchev–Trinajstić information content (AvgIpc) is 2.66. The summed E-state index contributed by atoms with van der Waals surface area (Å²) in [4.78, 5) is 36.8. The molecule has 9 heteroatoms. The second-order valence-electron chi connectivity index (χ2n) is 6.77. The first-order valence-corrected chi connectivity index (χ1v) is 9.85. The Hall–Kier alpha value is -2.10. The molecule has 156 valence electrons. The van der Waals surface area contributed by atoms with E-state index in [-0.39, 0.29) is 11.7 Å². The Bertz CT molecular complexity index is 642. The Kier molecular flexibility index (Phi) is 10.6. The summed E-state index contributed by atoms with van der Waals surface area (Å²) in [5.74, 6) is -1.61. The van der Waals surface area contributed by atoms with Crippen LogP contribution in [0.15, 0.2) is 30.3 Å². The molecule has 0 unspecified atom stereocenters. The molecule has 0 radical (unpaired) electrons. The molecule has 0 aliphatic carbocycles. The third-order valence-corrected chi connectivity index (χ3v) is 4.67. The third kappa shape index (κ3) is 8.28. The summed E-state index contributed by atoms with van der Waals surface area (Å²) in [7, 11) is 0. The highest BCUT2D eigenvalue weighted by Crippen LogP contribution is 2.07. The first kappa shape index (κ1) is 23.9. The van der Waals surface area contributed by atoms with Gasteiger partial charge >= 0.3 is 0 Å². The van der Waals surface area contributed by atoms with Gasteiger partial charge in [0.15, 0.2) is 0 Å². The minimum Gasteiger partial charge on any atom is -0.368 e. The van der Waals surface area contributed by atoms with Gasteiger partial charge < -0.3 is 27.8 Å². The number of unbranched alkanes of at least 4 members (excludes halogenated alkanes) is 1. The zero-order valence-corrected chi connectivity index (χ0v) is 17.0. The lowest BCUT2D eigenvalue weighted by atomic mass is 10.0. The molecule has 0 heterocycles. The van der Waals surface area contributed by atoms with E-state index < -0.39 is 35.8 Å². The van der Waals surface area contributed by atoms with Crippen LogP contribution in [0.3, 0.4) is 0 Å². The van der Waals surface area contributed by atoms with Crippen molar-refractivity contribution in [2.24, 2.45) is 17.2 Å². The molecule has 0 saturated carbocycles. The lowest BCUT2D eigenvalue weighted by Gasteiger charge is -2.24. The fourth-order valence-corrected chi connectivity index (χ4v) is 2.73. The third-order valence-electron chi connectivity index (χ3n) is 4.34. The highest BCUT2D eigenvalue weighted by Gasteiger charge is 2.28. The molecule has 8 N–H and O–H groups in total. The number of nitrogens with one attached hydrogen (secondary N) is 2. The molecule has 1 aromatic rings. The van der Waals surface area contributed by atoms with Crippen molar-refractivity contribution in [3.8, 4) is 0 Å². The van der Waals surface area contributed by atoms with Crippen molar-refractivity contribution in [3.05, 3.63) is 35.9 Å². The molecule has 0 fully saturated rings. The van der Waals surface area contributed by atoms with Crippen LogP contribution in [-0.2, 0) is 20.8 Å². The Labute approximate surface area is 171 Å². The molecule has 0 saturated heterocycles. The number of amides is 3. The maximum Gasteiger partial charge on any atom is 0.243 e. The first-order chi connectivity index (χ1) is 13.3. The maximum absolute atomic E-state index is 12.7. The molecule has 0 aromatic heterocycles. The Morgan fingerprint density at radius 2 is 1.64 bits per heavy atom. The van der Waals surface area contributed by atoms with Crippen LogP contribution < -0.4 is 27.8 Å². The largest absolute Gasteiger partial charge is 0.368 e. The van der Waals surface area contributed by atoms with Gasteiger partial charge in [0.1, 0.15) is 12.1 Å². The van der Waals surface area contributed by atoms with E-state index in [4.69, 9.17) is 17.2 Å². The van der Waals surface area contributed by atoms with E-state index in [2.05, 4.69) is 23.3 Å². The summed E-state index contributed by atoms with van der Waals surface area (Å²) in [5.41, 5.74) is 17.6. The fraction of sp³-hybridized carbons (Fsp3) is 0.526. The van der Waals surface area contributed by atoms with E-state index >= 15 is 0 Å². The molecule has 8 nitrogen and oxygen atoms in total. The van der Waals surface area contributed by atoms with E-state index in [9.17, 15) is 14.4 Å². The highest BCUT2D eigenvalue weighted by molar-refractivity contribution is 7.81. The molecular weight excluding hydrogens is 378 g/mol. The molecule has 1 rings (SSSR count). The minimum atomic E-state index is -0.888. The molecule has 0 bridgehead atoms. The van der Waals surface area contributed by atoms with Crippen LogP contribution in [0.4, 0.5) is 0 Å². The zero-order valence-electron chi connectivity index (χ0n) is 16.1. The van der Waals surface area contributed by atoms with Gasteiger partial charge in [0.25, 0.3) is 0 Å². The number of hydrogen-bond donors (Lipinski definition) is 6. The normalized spacial score (nSPS) is 15.1. The molecule has 4 atom stereocenters. The SMILES string of the molecule is C[C@H](S)[C@H](N)C(=O)N[C@@H](CCCCN)C(=O)N[C@@H](Cc1ccccc1)C(N)=O. The van der Waals surface area contributed by atoms with Crippen molar-refractivity contribution in [1.29, 1.82) is 0 Å². The van der Waals surface area contributed by atoms with Crippen molar-refractivity contribution in [2.45, 2.75) is 56.0 Å². The van der Waals surface area contributed by atoms with Crippen LogP contribution in [0.5, 0.6) is 0 Å². The monoisotopic (exact) mass is 409 g/mol. The van der Waals surface area contributed by atoms with E-state index in [0.29, 0.717) is 25.8 Å². The van der Waals surface area contributed by atoms with Crippen LogP contribution in [0.2, 0.25) is 0 Å². The lowest BCUT2D eigenvalue weighted by molar-refractivity contribution is -0.131. The smallest absolute Gasteiger partial charge is 0.243 e. The number of carbonyl (C=O) groups excluding carboxylic acids is 3. The summed E-state index contributed by atoms with van der Waals surface area (Å²) in [5, 5.41) is 4.92. The summed E-state index contributed by atoms with van der Waals surface area (Å²) in [6.07, 6.45) is 1.98. The van der Waals surface area contributed by atoms with Crippen LogP contribution >= 0.6 is 12.6 Å². The molecule has 3 amide bonds. The van der Waals surface area contributed by atoms with E-state index in [1.54, 1.807) is 6.92 Å². The quantitative estimate of drug-likeness (QED) is 0.202. The molecule has 28 heavy (non-hydrogen) atoms. The van der Waals surface area contributed by atoms with Crippen LogP contribution in [-0.4, -0.2) is 47.6 Å². The Balaban J connectivity index is 2.83. The number of nitrogens with two attached hydrogens (primary N) is 3. The van der Waals surface area contributed by atoms with Gasteiger partial charge in [-0.1, -0.05) is 37.3 Å². The van der Waals surface area contributed by atoms with Gasteiger partial charge in [-0.05, 0) is 31.4 Å². The number of carbonyl (C=O) groups is 3. The Morgan fingerprint density at radius 1 is 1.04 bits per heavy atom. The Morgan fingerprint density at radius 3 is 2.18 bits per heavy atom. The van der Waals surface area contributed by atoms with E-state index in [1.165, 1.54) is 0 Å². The maximum atomic E-state index is 12.7. The molecular formula is C19H31N5O3S. The van der Waals surface area contributed by atoms with Crippen molar-refractivity contribution in [2.75, 3.05) is 6.54 Å². The predicted octanol–water partition coefficient (Wildman–Crippen LogP) is -0.541. The zero-order chi connectivity index (χ0) is 21.1. The average molecular weight is 410 g/mol. The second-order valence-corrected chi connectivity index (χ2v) is 7.58. The van der Waals surface area contributed by atoms with Gasteiger partial charge in [-0.15, -0.1) is 0 Å². The summed E-state index contributed by atoms with van der Waals surface area (Å²) in [6.45, 7) is 2.17. The molecule has 0 spiro atoms. The van der Waals surface area contributed by atoms with Gasteiger partial charge in [-0.3, -0.25) is 14.4 Å². The first-order valence-electron chi connectivity index (χ1n) is 9.34.